The smallest absolute Gasteiger partial charge is 0.119 e. The first-order chi connectivity index (χ1) is 7.81. The fourth-order valence-electron chi connectivity index (χ4n) is 2.54. The summed E-state index contributed by atoms with van der Waals surface area (Å²) in [6, 6.07) is 9.00. The molecule has 0 bridgehead atoms. The summed E-state index contributed by atoms with van der Waals surface area (Å²) < 4.78 is 5.82. The average Bonchev–Trinajstić information content (AvgIpc) is 2.98. The zero-order valence-corrected chi connectivity index (χ0v) is 9.56. The maximum absolute atomic E-state index is 5.96. The van der Waals surface area contributed by atoms with E-state index in [-0.39, 0.29) is 0 Å². The van der Waals surface area contributed by atoms with E-state index in [0.29, 0.717) is 18.1 Å². The number of rotatable bonds is 3. The Bertz CT molecular complexity index is 373. The van der Waals surface area contributed by atoms with Crippen LogP contribution in [0.15, 0.2) is 24.3 Å². The van der Waals surface area contributed by atoms with E-state index in [1.165, 1.54) is 31.2 Å². The quantitative estimate of drug-likeness (QED) is 0.845. The molecule has 0 aromatic heterocycles. The van der Waals surface area contributed by atoms with Crippen LogP contribution in [0.3, 0.4) is 0 Å². The molecular weight excluding hydrogens is 198 g/mol. The topological polar surface area (TPSA) is 35.2 Å². The molecule has 3 rings (SSSR count). The van der Waals surface area contributed by atoms with E-state index in [4.69, 9.17) is 10.5 Å². The number of hydrogen-bond acceptors (Lipinski definition) is 2. The first-order valence-corrected chi connectivity index (χ1v) is 6.33. The highest BCUT2D eigenvalue weighted by atomic mass is 16.5. The lowest BCUT2D eigenvalue weighted by Crippen LogP contribution is -2.14. The van der Waals surface area contributed by atoms with Crippen molar-refractivity contribution in [1.82, 2.24) is 0 Å². The van der Waals surface area contributed by atoms with Crippen molar-refractivity contribution in [3.05, 3.63) is 29.8 Å². The van der Waals surface area contributed by atoms with E-state index in [0.717, 1.165) is 12.2 Å². The first-order valence-electron chi connectivity index (χ1n) is 6.33. The predicted molar refractivity (Wildman–Crippen MR) is 64.7 cm³/mol. The molecule has 0 aliphatic heterocycles. The lowest BCUT2D eigenvalue weighted by molar-refractivity contribution is 0.302. The maximum Gasteiger partial charge on any atom is 0.119 e. The molecule has 2 saturated carbocycles. The zero-order valence-electron chi connectivity index (χ0n) is 9.56. The molecule has 0 heterocycles. The summed E-state index contributed by atoms with van der Waals surface area (Å²) in [6.07, 6.45) is 6.46. The van der Waals surface area contributed by atoms with E-state index in [9.17, 15) is 0 Å². The molecule has 0 spiro atoms. The fraction of sp³-hybridized carbons (Fsp3) is 0.571. The molecule has 2 unspecified atom stereocenters. The Morgan fingerprint density at radius 1 is 1.12 bits per heavy atom. The van der Waals surface area contributed by atoms with Crippen molar-refractivity contribution in [3.63, 3.8) is 0 Å². The number of benzene rings is 1. The van der Waals surface area contributed by atoms with Gasteiger partial charge in [-0.05, 0) is 55.7 Å². The summed E-state index contributed by atoms with van der Waals surface area (Å²) in [7, 11) is 0. The minimum absolute atomic E-state index is 0.401. The fourth-order valence-corrected chi connectivity index (χ4v) is 2.54. The average molecular weight is 217 g/mol. The Labute approximate surface area is 96.8 Å². The third-order valence-corrected chi connectivity index (χ3v) is 3.63. The summed E-state index contributed by atoms with van der Waals surface area (Å²) >= 11 is 0. The molecule has 0 saturated heterocycles. The van der Waals surface area contributed by atoms with Gasteiger partial charge in [0.15, 0.2) is 0 Å². The lowest BCUT2D eigenvalue weighted by atomic mass is 9.97. The van der Waals surface area contributed by atoms with Crippen molar-refractivity contribution in [2.24, 2.45) is 5.73 Å². The Morgan fingerprint density at radius 2 is 2.00 bits per heavy atom. The second-order valence-electron chi connectivity index (χ2n) is 5.16. The van der Waals surface area contributed by atoms with Crippen LogP contribution in [0.4, 0.5) is 0 Å². The van der Waals surface area contributed by atoms with Crippen LogP contribution in [0.5, 0.6) is 5.75 Å². The molecule has 0 radical (unpaired) electrons. The third kappa shape index (κ3) is 2.22. The van der Waals surface area contributed by atoms with Crippen LogP contribution in [0.25, 0.3) is 0 Å². The van der Waals surface area contributed by atoms with Gasteiger partial charge in [0, 0.05) is 6.04 Å². The van der Waals surface area contributed by atoms with Gasteiger partial charge in [-0.25, -0.2) is 0 Å². The summed E-state index contributed by atoms with van der Waals surface area (Å²) in [5, 5.41) is 0. The van der Waals surface area contributed by atoms with Crippen molar-refractivity contribution >= 4 is 0 Å². The first kappa shape index (κ1) is 10.2. The molecule has 16 heavy (non-hydrogen) atoms. The molecule has 2 nitrogen and oxygen atoms in total. The molecule has 86 valence electrons. The SMILES string of the molecule is NC1CCC(c2cccc(OC3CC3)c2)C1. The van der Waals surface area contributed by atoms with Crippen molar-refractivity contribution in [3.8, 4) is 5.75 Å². The molecule has 1 aromatic rings. The summed E-state index contributed by atoms with van der Waals surface area (Å²) in [5.74, 6) is 1.69. The van der Waals surface area contributed by atoms with Crippen molar-refractivity contribution in [1.29, 1.82) is 0 Å². The molecule has 2 heteroatoms. The van der Waals surface area contributed by atoms with Crippen LogP contribution < -0.4 is 10.5 Å². The Hall–Kier alpha value is -1.02. The van der Waals surface area contributed by atoms with Gasteiger partial charge in [0.2, 0.25) is 0 Å². The van der Waals surface area contributed by atoms with Gasteiger partial charge in [-0.1, -0.05) is 12.1 Å². The number of hydrogen-bond donors (Lipinski definition) is 1. The molecular formula is C14H19NO. The van der Waals surface area contributed by atoms with Gasteiger partial charge in [-0.2, -0.15) is 0 Å². The van der Waals surface area contributed by atoms with E-state index in [1.807, 2.05) is 0 Å². The maximum atomic E-state index is 5.96. The zero-order chi connectivity index (χ0) is 11.0. The van der Waals surface area contributed by atoms with Gasteiger partial charge in [0.05, 0.1) is 6.10 Å². The Balaban J connectivity index is 1.73. The van der Waals surface area contributed by atoms with Crippen molar-refractivity contribution in [2.45, 2.75) is 50.2 Å². The second kappa shape index (κ2) is 4.10. The second-order valence-corrected chi connectivity index (χ2v) is 5.16. The summed E-state index contributed by atoms with van der Waals surface area (Å²) in [5.41, 5.74) is 7.37. The predicted octanol–water partition coefficient (Wildman–Crippen LogP) is 2.82. The van der Waals surface area contributed by atoms with E-state index < -0.39 is 0 Å². The molecule has 2 aliphatic carbocycles. The molecule has 2 fully saturated rings. The molecule has 2 aliphatic rings. The minimum Gasteiger partial charge on any atom is -0.490 e. The monoisotopic (exact) mass is 217 g/mol. The molecule has 1 aromatic carbocycles. The normalized spacial score (nSPS) is 29.3. The van der Waals surface area contributed by atoms with E-state index in [2.05, 4.69) is 24.3 Å². The highest BCUT2D eigenvalue weighted by Crippen LogP contribution is 2.35. The summed E-state index contributed by atoms with van der Waals surface area (Å²) in [6.45, 7) is 0. The van der Waals surface area contributed by atoms with Crippen molar-refractivity contribution < 1.29 is 4.74 Å². The van der Waals surface area contributed by atoms with Crippen LogP contribution in [-0.4, -0.2) is 12.1 Å². The van der Waals surface area contributed by atoms with Crippen molar-refractivity contribution in [2.75, 3.05) is 0 Å². The van der Waals surface area contributed by atoms with Gasteiger partial charge in [-0.15, -0.1) is 0 Å². The van der Waals surface area contributed by atoms with E-state index in [1.54, 1.807) is 0 Å². The minimum atomic E-state index is 0.401. The largest absolute Gasteiger partial charge is 0.490 e. The Kier molecular flexibility index (Phi) is 2.60. The van der Waals surface area contributed by atoms with Gasteiger partial charge in [0.25, 0.3) is 0 Å². The van der Waals surface area contributed by atoms with Gasteiger partial charge in [-0.3, -0.25) is 0 Å². The van der Waals surface area contributed by atoms with Crippen LogP contribution >= 0.6 is 0 Å². The highest BCUT2D eigenvalue weighted by molar-refractivity contribution is 5.32. The van der Waals surface area contributed by atoms with Crippen LogP contribution in [0.1, 0.15) is 43.6 Å². The standard InChI is InChI=1S/C14H19NO/c15-12-5-4-11(8-12)10-2-1-3-14(9-10)16-13-6-7-13/h1-3,9,11-13H,4-8,15H2. The van der Waals surface area contributed by atoms with Gasteiger partial charge >= 0.3 is 0 Å². The van der Waals surface area contributed by atoms with Crippen LogP contribution in [0.2, 0.25) is 0 Å². The molecule has 2 N–H and O–H groups in total. The highest BCUT2D eigenvalue weighted by Gasteiger charge is 2.25. The number of nitrogens with two attached hydrogens (primary N) is 1. The van der Waals surface area contributed by atoms with Crippen LogP contribution in [0, 0.1) is 0 Å². The van der Waals surface area contributed by atoms with Gasteiger partial charge < -0.3 is 10.5 Å². The molecule has 0 amide bonds. The van der Waals surface area contributed by atoms with E-state index >= 15 is 0 Å². The number of ether oxygens (including phenoxy) is 1. The van der Waals surface area contributed by atoms with Crippen LogP contribution in [-0.2, 0) is 0 Å². The lowest BCUT2D eigenvalue weighted by Gasteiger charge is -2.12. The van der Waals surface area contributed by atoms with Gasteiger partial charge in [0.1, 0.15) is 5.75 Å². The third-order valence-electron chi connectivity index (χ3n) is 3.63. The Morgan fingerprint density at radius 3 is 2.69 bits per heavy atom. The molecule has 2 atom stereocenters. The summed E-state index contributed by atoms with van der Waals surface area (Å²) in [4.78, 5) is 0.